The molecular weight excluding hydrogens is 386 g/mol. The van der Waals surface area contributed by atoms with E-state index in [9.17, 15) is 4.21 Å². The molecule has 2 heterocycles. The summed E-state index contributed by atoms with van der Waals surface area (Å²) in [6.45, 7) is 5.19. The zero-order chi connectivity index (χ0) is 20.4. The lowest BCUT2D eigenvalue weighted by Gasteiger charge is -2.15. The third kappa shape index (κ3) is 4.54. The molecule has 1 aliphatic heterocycles. The molecule has 0 amide bonds. The van der Waals surface area contributed by atoms with Gasteiger partial charge in [-0.15, -0.1) is 5.10 Å². The van der Waals surface area contributed by atoms with Gasteiger partial charge in [-0.1, -0.05) is 6.07 Å². The lowest BCUT2D eigenvalue weighted by molar-refractivity contribution is 0.216. The van der Waals surface area contributed by atoms with Crippen molar-refractivity contribution >= 4 is 22.6 Å². The molecule has 5 rings (SSSR count). The van der Waals surface area contributed by atoms with Crippen molar-refractivity contribution in [2.45, 2.75) is 76.5 Å². The topological polar surface area (TPSA) is 94.1 Å². The summed E-state index contributed by atoms with van der Waals surface area (Å²) in [6, 6.07) is 2.42. The van der Waals surface area contributed by atoms with Gasteiger partial charge in [-0.05, 0) is 87.5 Å². The van der Waals surface area contributed by atoms with Crippen LogP contribution in [-0.2, 0) is 36.7 Å². The number of anilines is 2. The van der Waals surface area contributed by atoms with Crippen molar-refractivity contribution in [1.82, 2.24) is 19.5 Å². The standard InChI is InChI=1S/C18H23N5OS.C3H8O/c24-25(23-9-1-2-10-23)18-20-17(21-22-18)19-16-14-7-3-5-12(14)11-13-6-4-8-15(13)16;1-3(2)4/h11H,1-10H2,(H2,19,20,21,22);3-4H,1-2H3. The summed E-state index contributed by atoms with van der Waals surface area (Å²) in [5.74, 6) is 0.539. The number of nitrogens with zero attached hydrogens (tertiary/aromatic N) is 3. The van der Waals surface area contributed by atoms with Gasteiger partial charge in [0.1, 0.15) is 0 Å². The minimum absolute atomic E-state index is 0.167. The van der Waals surface area contributed by atoms with Crippen LogP contribution in [0.25, 0.3) is 0 Å². The van der Waals surface area contributed by atoms with E-state index in [1.54, 1.807) is 13.8 Å². The first-order valence-electron chi connectivity index (χ1n) is 10.7. The van der Waals surface area contributed by atoms with Gasteiger partial charge in [0.25, 0.3) is 0 Å². The van der Waals surface area contributed by atoms with Gasteiger partial charge >= 0.3 is 0 Å². The molecule has 158 valence electrons. The first kappa shape index (κ1) is 20.5. The van der Waals surface area contributed by atoms with Crippen LogP contribution in [0.1, 0.15) is 61.8 Å². The number of aliphatic hydroxyl groups excluding tert-OH is 1. The fraction of sp³-hybridized carbons (Fsp3) is 0.619. The van der Waals surface area contributed by atoms with Gasteiger partial charge in [0.15, 0.2) is 11.0 Å². The average molecular weight is 418 g/mol. The van der Waals surface area contributed by atoms with Gasteiger partial charge in [0.05, 0.1) is 0 Å². The molecule has 1 saturated heterocycles. The number of hydrogen-bond donors (Lipinski definition) is 3. The minimum atomic E-state index is -1.23. The Hall–Kier alpha value is -1.77. The number of fused-ring (bicyclic) bond motifs is 2. The Morgan fingerprint density at radius 1 is 1.07 bits per heavy atom. The van der Waals surface area contributed by atoms with Crippen LogP contribution in [0.15, 0.2) is 11.2 Å². The van der Waals surface area contributed by atoms with E-state index in [1.807, 2.05) is 4.31 Å². The number of aromatic nitrogens is 3. The second kappa shape index (κ2) is 8.93. The van der Waals surface area contributed by atoms with Crippen LogP contribution in [0.4, 0.5) is 11.6 Å². The van der Waals surface area contributed by atoms with Crippen LogP contribution in [0, 0.1) is 0 Å². The third-order valence-electron chi connectivity index (χ3n) is 5.64. The quantitative estimate of drug-likeness (QED) is 0.711. The maximum absolute atomic E-state index is 12.6. The summed E-state index contributed by atoms with van der Waals surface area (Å²) in [5.41, 5.74) is 7.07. The number of rotatable bonds is 4. The molecule has 0 radical (unpaired) electrons. The van der Waals surface area contributed by atoms with Crippen LogP contribution in [0.3, 0.4) is 0 Å². The Labute approximate surface area is 174 Å². The SMILES string of the molecule is CC(C)O.O=S(c1nc(Nc2c3c(cc4c2CCC4)CCC3)n[nH]1)N1CCCC1. The Kier molecular flexibility index (Phi) is 6.32. The van der Waals surface area contributed by atoms with Crippen molar-refractivity contribution in [1.29, 1.82) is 0 Å². The largest absolute Gasteiger partial charge is 0.394 e. The van der Waals surface area contributed by atoms with Crippen molar-refractivity contribution in [2.75, 3.05) is 18.4 Å². The number of hydrogen-bond acceptors (Lipinski definition) is 5. The lowest BCUT2D eigenvalue weighted by Crippen LogP contribution is -2.22. The van der Waals surface area contributed by atoms with E-state index >= 15 is 0 Å². The molecule has 2 aromatic rings. The van der Waals surface area contributed by atoms with Crippen LogP contribution < -0.4 is 5.32 Å². The van der Waals surface area contributed by atoms with E-state index in [0.29, 0.717) is 11.1 Å². The molecule has 1 fully saturated rings. The molecule has 3 aliphatic rings. The minimum Gasteiger partial charge on any atom is -0.394 e. The fourth-order valence-electron chi connectivity index (χ4n) is 4.44. The van der Waals surface area contributed by atoms with Gasteiger partial charge in [-0.25, -0.2) is 13.6 Å². The number of aryl methyl sites for hydroxylation is 2. The first-order valence-corrected chi connectivity index (χ1v) is 11.8. The molecule has 29 heavy (non-hydrogen) atoms. The van der Waals surface area contributed by atoms with E-state index < -0.39 is 11.0 Å². The molecule has 1 aromatic heterocycles. The highest BCUT2D eigenvalue weighted by atomic mass is 32.2. The Bertz CT molecular complexity index is 854. The summed E-state index contributed by atoms with van der Waals surface area (Å²) >= 11 is 0. The highest BCUT2D eigenvalue weighted by Gasteiger charge is 2.26. The normalized spacial score (nSPS) is 19.0. The van der Waals surface area contributed by atoms with Gasteiger partial charge in [0, 0.05) is 24.9 Å². The number of nitrogens with one attached hydrogen (secondary N) is 2. The zero-order valence-electron chi connectivity index (χ0n) is 17.3. The van der Waals surface area contributed by atoms with Crippen molar-refractivity contribution in [3.05, 3.63) is 28.3 Å². The van der Waals surface area contributed by atoms with E-state index in [0.717, 1.165) is 38.8 Å². The molecule has 1 aromatic carbocycles. The van der Waals surface area contributed by atoms with Gasteiger partial charge < -0.3 is 10.4 Å². The molecule has 1 unspecified atom stereocenters. The molecule has 0 bridgehead atoms. The van der Waals surface area contributed by atoms with Crippen molar-refractivity contribution in [3.63, 3.8) is 0 Å². The Balaban J connectivity index is 0.000000472. The summed E-state index contributed by atoms with van der Waals surface area (Å²) < 4.78 is 14.5. The van der Waals surface area contributed by atoms with Crippen LogP contribution in [0.5, 0.6) is 0 Å². The highest BCUT2D eigenvalue weighted by molar-refractivity contribution is 7.82. The molecule has 1 atom stereocenters. The summed E-state index contributed by atoms with van der Waals surface area (Å²) in [4.78, 5) is 4.48. The average Bonchev–Trinajstić information content (AvgIpc) is 3.45. The van der Waals surface area contributed by atoms with E-state index in [-0.39, 0.29) is 6.10 Å². The second-order valence-electron chi connectivity index (χ2n) is 8.30. The molecule has 8 heteroatoms. The van der Waals surface area contributed by atoms with Gasteiger partial charge in [0.2, 0.25) is 11.1 Å². The number of aromatic amines is 1. The number of H-pyrrole nitrogens is 1. The maximum Gasteiger partial charge on any atom is 0.247 e. The van der Waals surface area contributed by atoms with Crippen LogP contribution in [0.2, 0.25) is 0 Å². The maximum atomic E-state index is 12.6. The molecule has 0 spiro atoms. The summed E-state index contributed by atoms with van der Waals surface area (Å²) in [7, 11) is -1.23. The monoisotopic (exact) mass is 417 g/mol. The highest BCUT2D eigenvalue weighted by Crippen LogP contribution is 2.39. The van der Waals surface area contributed by atoms with Gasteiger partial charge in [-0.3, -0.25) is 0 Å². The molecule has 2 aliphatic carbocycles. The van der Waals surface area contributed by atoms with Crippen LogP contribution >= 0.6 is 0 Å². The second-order valence-corrected chi connectivity index (χ2v) is 9.70. The van der Waals surface area contributed by atoms with Gasteiger partial charge in [-0.2, -0.15) is 4.98 Å². The first-order chi connectivity index (χ1) is 14.0. The fourth-order valence-corrected chi connectivity index (χ4v) is 5.56. The van der Waals surface area contributed by atoms with Crippen molar-refractivity contribution < 1.29 is 9.32 Å². The third-order valence-corrected chi connectivity index (χ3v) is 6.99. The Morgan fingerprint density at radius 2 is 1.66 bits per heavy atom. The van der Waals surface area contributed by atoms with Crippen molar-refractivity contribution in [2.24, 2.45) is 0 Å². The van der Waals surface area contributed by atoms with Crippen LogP contribution in [-0.4, -0.2) is 48.0 Å². The predicted molar refractivity (Wildman–Crippen MR) is 115 cm³/mol. The number of aliphatic hydroxyl groups is 1. The summed E-state index contributed by atoms with van der Waals surface area (Å²) in [6.07, 6.45) is 9.10. The molecule has 7 nitrogen and oxygen atoms in total. The lowest BCUT2D eigenvalue weighted by atomic mass is 9.99. The van der Waals surface area contributed by atoms with E-state index in [1.165, 1.54) is 53.6 Å². The smallest absolute Gasteiger partial charge is 0.247 e. The Morgan fingerprint density at radius 3 is 2.24 bits per heavy atom. The summed E-state index contributed by atoms with van der Waals surface area (Å²) in [5, 5.41) is 19.1. The molecular formula is C21H31N5O2S. The zero-order valence-corrected chi connectivity index (χ0v) is 18.1. The van der Waals surface area contributed by atoms with E-state index in [4.69, 9.17) is 5.11 Å². The molecule has 3 N–H and O–H groups in total. The number of benzene rings is 1. The van der Waals surface area contributed by atoms with Crippen molar-refractivity contribution in [3.8, 4) is 0 Å². The van der Waals surface area contributed by atoms with E-state index in [2.05, 4.69) is 26.6 Å². The molecule has 0 saturated carbocycles. The predicted octanol–water partition coefficient (Wildman–Crippen LogP) is 3.03.